The van der Waals surface area contributed by atoms with Gasteiger partial charge in [0.1, 0.15) is 0 Å². The lowest BCUT2D eigenvalue weighted by molar-refractivity contribution is -0.892. The molecule has 1 aliphatic heterocycles. The van der Waals surface area contributed by atoms with Gasteiger partial charge in [0.25, 0.3) is 5.91 Å². The van der Waals surface area contributed by atoms with Crippen molar-refractivity contribution in [3.8, 4) is 0 Å². The van der Waals surface area contributed by atoms with Crippen LogP contribution in [0.5, 0.6) is 0 Å². The third kappa shape index (κ3) is 3.84. The number of benzene rings is 2. The molecule has 7 nitrogen and oxygen atoms in total. The normalized spacial score (nSPS) is 14.9. The quantitative estimate of drug-likeness (QED) is 0.523. The van der Waals surface area contributed by atoms with E-state index < -0.39 is 0 Å². The van der Waals surface area contributed by atoms with Crippen LogP contribution in [-0.2, 0) is 11.3 Å². The summed E-state index contributed by atoms with van der Waals surface area (Å²) in [5.41, 5.74) is 3.28. The fourth-order valence-electron chi connectivity index (χ4n) is 4.56. The smallest absolute Gasteiger partial charge is 0.279 e. The molecule has 1 saturated heterocycles. The maximum Gasteiger partial charge on any atom is 0.279 e. The molecule has 1 aliphatic rings. The molecule has 2 aromatic heterocycles. The van der Waals surface area contributed by atoms with Crippen molar-refractivity contribution in [2.45, 2.75) is 13.5 Å². The molecule has 0 unspecified atom stereocenters. The van der Waals surface area contributed by atoms with Gasteiger partial charge in [0.05, 0.1) is 26.2 Å². The van der Waals surface area contributed by atoms with Crippen molar-refractivity contribution < 1.29 is 9.69 Å². The average Bonchev–Trinajstić information content (AvgIpc) is 3.13. The molecular formula is C24H27N6O+. The van der Waals surface area contributed by atoms with Gasteiger partial charge in [-0.2, -0.15) is 0 Å². The number of amides is 1. The summed E-state index contributed by atoms with van der Waals surface area (Å²) in [5.74, 6) is 0.823. The Morgan fingerprint density at radius 1 is 1.00 bits per heavy atom. The van der Waals surface area contributed by atoms with E-state index in [-0.39, 0.29) is 5.91 Å². The molecule has 5 rings (SSSR count). The summed E-state index contributed by atoms with van der Waals surface area (Å²) >= 11 is 0. The highest BCUT2D eigenvalue weighted by atomic mass is 16.2. The zero-order chi connectivity index (χ0) is 21.2. The highest BCUT2D eigenvalue weighted by Gasteiger charge is 2.23. The lowest BCUT2D eigenvalue weighted by atomic mass is 10.1. The van der Waals surface area contributed by atoms with Crippen molar-refractivity contribution in [3.05, 3.63) is 60.9 Å². The van der Waals surface area contributed by atoms with Gasteiger partial charge in [0.15, 0.2) is 6.54 Å². The first kappa shape index (κ1) is 19.5. The van der Waals surface area contributed by atoms with Crippen LogP contribution >= 0.6 is 0 Å². The molecular weight excluding hydrogens is 388 g/mol. The molecule has 0 bridgehead atoms. The number of anilines is 2. The van der Waals surface area contributed by atoms with E-state index in [9.17, 15) is 4.79 Å². The van der Waals surface area contributed by atoms with Crippen molar-refractivity contribution >= 4 is 39.3 Å². The second-order valence-electron chi connectivity index (χ2n) is 8.00. The molecule has 2 aromatic carbocycles. The van der Waals surface area contributed by atoms with Gasteiger partial charge in [-0.25, -0.2) is 9.97 Å². The standard InChI is InChI=1S/C24H26N6O/c1-2-30-21-7-4-3-6-19(21)20-16-18(8-9-22(20)30)27-23(31)17-28-12-14-29(15-13-28)24-25-10-5-11-26-24/h3-11,16H,2,12-15,17H2,1H3,(H,27,31)/p+1. The summed E-state index contributed by atoms with van der Waals surface area (Å²) in [5, 5.41) is 5.51. The Bertz CT molecular complexity index is 1210. The molecule has 1 fully saturated rings. The number of carbonyl (C=O) groups excluding carboxylic acids is 1. The molecule has 0 atom stereocenters. The number of carbonyl (C=O) groups is 1. The first-order chi connectivity index (χ1) is 15.2. The molecule has 158 valence electrons. The first-order valence-corrected chi connectivity index (χ1v) is 10.9. The number of hydrogen-bond acceptors (Lipinski definition) is 4. The minimum absolute atomic E-state index is 0.0537. The summed E-state index contributed by atoms with van der Waals surface area (Å²) in [4.78, 5) is 24.8. The monoisotopic (exact) mass is 415 g/mol. The maximum absolute atomic E-state index is 12.7. The van der Waals surface area contributed by atoms with E-state index in [0.29, 0.717) is 6.54 Å². The second kappa shape index (κ2) is 8.35. The molecule has 7 heteroatoms. The van der Waals surface area contributed by atoms with Gasteiger partial charge >= 0.3 is 0 Å². The lowest BCUT2D eigenvalue weighted by Crippen LogP contribution is -3.15. The number of nitrogens with zero attached hydrogens (tertiary/aromatic N) is 4. The Hall–Kier alpha value is -3.45. The van der Waals surface area contributed by atoms with Crippen LogP contribution in [0.1, 0.15) is 6.92 Å². The second-order valence-corrected chi connectivity index (χ2v) is 8.00. The van der Waals surface area contributed by atoms with Crippen LogP contribution < -0.4 is 15.1 Å². The van der Waals surface area contributed by atoms with E-state index >= 15 is 0 Å². The fourth-order valence-corrected chi connectivity index (χ4v) is 4.56. The molecule has 0 aliphatic carbocycles. The highest BCUT2D eigenvalue weighted by molar-refractivity contribution is 6.09. The van der Waals surface area contributed by atoms with E-state index in [1.54, 1.807) is 12.4 Å². The number of nitrogens with one attached hydrogen (secondary N) is 2. The minimum Gasteiger partial charge on any atom is -0.341 e. The molecule has 31 heavy (non-hydrogen) atoms. The zero-order valence-corrected chi connectivity index (χ0v) is 17.7. The van der Waals surface area contributed by atoms with Crippen LogP contribution in [0.3, 0.4) is 0 Å². The van der Waals surface area contributed by atoms with Gasteiger partial charge in [0, 0.05) is 46.4 Å². The van der Waals surface area contributed by atoms with Crippen LogP contribution in [0.25, 0.3) is 21.8 Å². The summed E-state index contributed by atoms with van der Waals surface area (Å²) in [6, 6.07) is 16.5. The van der Waals surface area contributed by atoms with Gasteiger partial charge in [-0.15, -0.1) is 0 Å². The largest absolute Gasteiger partial charge is 0.341 e. The van der Waals surface area contributed by atoms with Gasteiger partial charge in [-0.3, -0.25) is 4.79 Å². The Morgan fingerprint density at radius 3 is 2.52 bits per heavy atom. The molecule has 0 radical (unpaired) electrons. The van der Waals surface area contributed by atoms with Crippen molar-refractivity contribution in [2.75, 3.05) is 42.9 Å². The third-order valence-corrected chi connectivity index (χ3v) is 6.09. The summed E-state index contributed by atoms with van der Waals surface area (Å²) < 4.78 is 2.32. The predicted molar refractivity (Wildman–Crippen MR) is 124 cm³/mol. The highest BCUT2D eigenvalue weighted by Crippen LogP contribution is 2.30. The number of para-hydroxylation sites is 1. The molecule has 2 N–H and O–H groups in total. The molecule has 4 aromatic rings. The predicted octanol–water partition coefficient (Wildman–Crippen LogP) is 1.95. The number of hydrogen-bond donors (Lipinski definition) is 2. The van der Waals surface area contributed by atoms with Crippen LogP contribution in [0.4, 0.5) is 11.6 Å². The van der Waals surface area contributed by atoms with Crippen LogP contribution in [-0.4, -0.2) is 53.2 Å². The van der Waals surface area contributed by atoms with Crippen molar-refractivity contribution in [1.29, 1.82) is 0 Å². The lowest BCUT2D eigenvalue weighted by Gasteiger charge is -2.31. The van der Waals surface area contributed by atoms with E-state index in [2.05, 4.69) is 68.1 Å². The van der Waals surface area contributed by atoms with Gasteiger partial charge in [0.2, 0.25) is 5.95 Å². The maximum atomic E-state index is 12.7. The molecule has 0 spiro atoms. The number of aromatic nitrogens is 3. The van der Waals surface area contributed by atoms with Crippen LogP contribution in [0, 0.1) is 0 Å². The number of aryl methyl sites for hydroxylation is 1. The summed E-state index contributed by atoms with van der Waals surface area (Å²) in [6.45, 7) is 7.05. The zero-order valence-electron chi connectivity index (χ0n) is 17.7. The van der Waals surface area contributed by atoms with Crippen molar-refractivity contribution in [1.82, 2.24) is 14.5 Å². The van der Waals surface area contributed by atoms with Crippen molar-refractivity contribution in [3.63, 3.8) is 0 Å². The molecule has 1 amide bonds. The Labute approximate surface area is 181 Å². The SMILES string of the molecule is CCn1c2ccccc2c2cc(NC(=O)C[NH+]3CCN(c4ncccn4)CC3)ccc21. The number of quaternary nitrogens is 1. The van der Waals surface area contributed by atoms with Crippen LogP contribution in [0.15, 0.2) is 60.9 Å². The average molecular weight is 416 g/mol. The summed E-state index contributed by atoms with van der Waals surface area (Å²) in [7, 11) is 0. The molecule has 3 heterocycles. The number of fused-ring (bicyclic) bond motifs is 3. The third-order valence-electron chi connectivity index (χ3n) is 6.09. The van der Waals surface area contributed by atoms with Crippen LogP contribution in [0.2, 0.25) is 0 Å². The number of piperazine rings is 1. The molecule has 0 saturated carbocycles. The Morgan fingerprint density at radius 2 is 1.74 bits per heavy atom. The number of rotatable bonds is 5. The van der Waals surface area contributed by atoms with Gasteiger partial charge in [-0.1, -0.05) is 18.2 Å². The Balaban J connectivity index is 1.25. The Kier molecular flexibility index (Phi) is 5.26. The minimum atomic E-state index is 0.0537. The van der Waals surface area contributed by atoms with E-state index in [1.165, 1.54) is 26.7 Å². The van der Waals surface area contributed by atoms with Crippen molar-refractivity contribution in [2.24, 2.45) is 0 Å². The summed E-state index contributed by atoms with van der Waals surface area (Å²) in [6.07, 6.45) is 3.54. The van der Waals surface area contributed by atoms with Gasteiger partial charge in [-0.05, 0) is 37.3 Å². The first-order valence-electron chi connectivity index (χ1n) is 10.9. The van der Waals surface area contributed by atoms with Gasteiger partial charge < -0.3 is 19.7 Å². The van der Waals surface area contributed by atoms with E-state index in [4.69, 9.17) is 0 Å². The fraction of sp³-hybridized carbons (Fsp3) is 0.292. The van der Waals surface area contributed by atoms with E-state index in [0.717, 1.165) is 44.4 Å². The topological polar surface area (TPSA) is 67.5 Å². The van der Waals surface area contributed by atoms with E-state index in [1.807, 2.05) is 12.1 Å².